The van der Waals surface area contributed by atoms with Crippen molar-refractivity contribution < 1.29 is 17.6 Å². The number of hydrogen-bond donors (Lipinski definition) is 1. The Morgan fingerprint density at radius 2 is 1.96 bits per heavy atom. The molecule has 0 aliphatic heterocycles. The van der Waals surface area contributed by atoms with Crippen LogP contribution in [0.15, 0.2) is 50.7 Å². The van der Waals surface area contributed by atoms with Gasteiger partial charge in [0.25, 0.3) is 0 Å². The first kappa shape index (κ1) is 19.0. The molecule has 0 heterocycles. The van der Waals surface area contributed by atoms with Gasteiger partial charge in [-0.1, -0.05) is 15.9 Å². The van der Waals surface area contributed by atoms with E-state index in [4.69, 9.17) is 0 Å². The van der Waals surface area contributed by atoms with Gasteiger partial charge >= 0.3 is 0 Å². The quantitative estimate of drug-likeness (QED) is 0.573. The number of anilines is 1. The molecule has 0 aliphatic rings. The maximum absolute atomic E-state index is 13.8. The summed E-state index contributed by atoms with van der Waals surface area (Å²) in [6.07, 6.45) is 1.03. The Bertz CT molecular complexity index is 885. The third-order valence-electron chi connectivity index (χ3n) is 3.14. The zero-order valence-electron chi connectivity index (χ0n) is 13.0. The topological polar surface area (TPSA) is 63.2 Å². The molecule has 2 rings (SSSR count). The van der Waals surface area contributed by atoms with Crippen molar-refractivity contribution in [2.75, 3.05) is 17.3 Å². The fraction of sp³-hybridized carbons (Fsp3) is 0.188. The Hall–Kier alpha value is -1.38. The van der Waals surface area contributed by atoms with Gasteiger partial charge in [0.15, 0.2) is 9.84 Å². The van der Waals surface area contributed by atoms with Crippen molar-refractivity contribution in [3.05, 3.63) is 52.3 Å². The van der Waals surface area contributed by atoms with Gasteiger partial charge in [-0.25, -0.2) is 12.8 Å². The molecule has 0 saturated heterocycles. The molecule has 4 nitrogen and oxygen atoms in total. The smallest absolute Gasteiger partial charge is 0.234 e. The first-order valence-corrected chi connectivity index (χ1v) is 10.5. The molecular weight excluding hydrogens is 417 g/mol. The van der Waals surface area contributed by atoms with Crippen LogP contribution in [0.2, 0.25) is 0 Å². The maximum Gasteiger partial charge on any atom is 0.234 e. The fourth-order valence-electron chi connectivity index (χ4n) is 1.94. The van der Waals surface area contributed by atoms with E-state index in [1.807, 2.05) is 25.1 Å². The second kappa shape index (κ2) is 7.67. The summed E-state index contributed by atoms with van der Waals surface area (Å²) in [6.45, 7) is 1.93. The number of carbonyl (C=O) groups excluding carboxylic acids is 1. The lowest BCUT2D eigenvalue weighted by atomic mass is 10.2. The molecule has 0 unspecified atom stereocenters. The van der Waals surface area contributed by atoms with E-state index in [-0.39, 0.29) is 16.3 Å². The van der Waals surface area contributed by atoms with Gasteiger partial charge in [0.1, 0.15) is 5.82 Å². The van der Waals surface area contributed by atoms with Gasteiger partial charge < -0.3 is 5.32 Å². The van der Waals surface area contributed by atoms with Gasteiger partial charge in [-0.15, -0.1) is 11.8 Å². The van der Waals surface area contributed by atoms with Crippen LogP contribution in [-0.2, 0) is 14.6 Å². The summed E-state index contributed by atoms with van der Waals surface area (Å²) in [6, 6.07) is 9.02. The summed E-state index contributed by atoms with van der Waals surface area (Å²) in [5.41, 5.74) is 0.878. The lowest BCUT2D eigenvalue weighted by Crippen LogP contribution is -2.15. The Morgan fingerprint density at radius 1 is 1.25 bits per heavy atom. The summed E-state index contributed by atoms with van der Waals surface area (Å²) in [7, 11) is -3.47. The normalized spacial score (nSPS) is 11.3. The molecule has 0 atom stereocenters. The van der Waals surface area contributed by atoms with Gasteiger partial charge in [0.2, 0.25) is 5.91 Å². The predicted octanol–water partition coefficient (Wildman–Crippen LogP) is 4.03. The van der Waals surface area contributed by atoms with Crippen LogP contribution >= 0.6 is 27.7 Å². The van der Waals surface area contributed by atoms with Gasteiger partial charge in [0, 0.05) is 15.6 Å². The number of halogens is 2. The highest BCUT2D eigenvalue weighted by molar-refractivity contribution is 9.10. The van der Waals surface area contributed by atoms with Gasteiger partial charge in [-0.05, 0) is 48.9 Å². The minimum atomic E-state index is -3.47. The van der Waals surface area contributed by atoms with E-state index in [1.54, 1.807) is 0 Å². The number of sulfone groups is 1. The number of rotatable bonds is 5. The first-order valence-electron chi connectivity index (χ1n) is 6.85. The molecule has 0 radical (unpaired) electrons. The molecule has 8 heteroatoms. The van der Waals surface area contributed by atoms with E-state index < -0.39 is 21.6 Å². The monoisotopic (exact) mass is 431 g/mol. The average Bonchev–Trinajstić information content (AvgIpc) is 2.47. The highest BCUT2D eigenvalue weighted by Gasteiger charge is 2.13. The van der Waals surface area contributed by atoms with E-state index in [0.29, 0.717) is 0 Å². The summed E-state index contributed by atoms with van der Waals surface area (Å²) in [4.78, 5) is 12.9. The number of carbonyl (C=O) groups is 1. The second-order valence-electron chi connectivity index (χ2n) is 5.16. The highest BCUT2D eigenvalue weighted by Crippen LogP contribution is 2.26. The van der Waals surface area contributed by atoms with Crippen LogP contribution in [0.5, 0.6) is 0 Å². The lowest BCUT2D eigenvalue weighted by molar-refractivity contribution is -0.113. The number of amides is 1. The van der Waals surface area contributed by atoms with Crippen LogP contribution in [-0.4, -0.2) is 26.3 Å². The van der Waals surface area contributed by atoms with Crippen LogP contribution < -0.4 is 5.32 Å². The first-order chi connectivity index (χ1) is 11.2. The number of hydrogen-bond acceptors (Lipinski definition) is 4. The Kier molecular flexibility index (Phi) is 6.06. The number of nitrogens with one attached hydrogen (secondary N) is 1. The van der Waals surface area contributed by atoms with E-state index in [1.165, 1.54) is 17.8 Å². The summed E-state index contributed by atoms with van der Waals surface area (Å²) < 4.78 is 37.8. The largest absolute Gasteiger partial charge is 0.323 e. The van der Waals surface area contributed by atoms with Crippen LogP contribution in [0, 0.1) is 12.7 Å². The maximum atomic E-state index is 13.8. The Morgan fingerprint density at radius 3 is 2.58 bits per heavy atom. The SMILES string of the molecule is Cc1cc(Br)ccc1SCC(=O)Nc1cc(S(C)(=O)=O)ccc1F. The van der Waals surface area contributed by atoms with E-state index in [0.717, 1.165) is 33.3 Å². The van der Waals surface area contributed by atoms with Gasteiger partial charge in [-0.2, -0.15) is 0 Å². The van der Waals surface area contributed by atoms with Crippen LogP contribution in [0.1, 0.15) is 5.56 Å². The molecule has 0 fully saturated rings. The van der Waals surface area contributed by atoms with Gasteiger partial charge in [0.05, 0.1) is 16.3 Å². The third kappa shape index (κ3) is 5.06. The highest BCUT2D eigenvalue weighted by atomic mass is 79.9. The van der Waals surface area contributed by atoms with E-state index in [2.05, 4.69) is 21.2 Å². The molecule has 1 amide bonds. The number of benzene rings is 2. The van der Waals surface area contributed by atoms with Crippen molar-refractivity contribution in [3.63, 3.8) is 0 Å². The molecular formula is C16H15BrFNO3S2. The summed E-state index contributed by atoms with van der Waals surface area (Å²) >= 11 is 4.70. The van der Waals surface area contributed by atoms with Crippen LogP contribution in [0.4, 0.5) is 10.1 Å². The number of thioether (sulfide) groups is 1. The van der Waals surface area contributed by atoms with E-state index >= 15 is 0 Å². The molecule has 0 aromatic heterocycles. The van der Waals surface area contributed by atoms with E-state index in [9.17, 15) is 17.6 Å². The van der Waals surface area contributed by atoms with Crippen molar-refractivity contribution in [1.29, 1.82) is 0 Å². The predicted molar refractivity (Wildman–Crippen MR) is 97.7 cm³/mol. The molecule has 0 saturated carbocycles. The fourth-order valence-corrected chi connectivity index (χ4v) is 3.87. The number of aryl methyl sites for hydroxylation is 1. The van der Waals surface area contributed by atoms with Crippen molar-refractivity contribution in [2.24, 2.45) is 0 Å². The minimum Gasteiger partial charge on any atom is -0.323 e. The van der Waals surface area contributed by atoms with Crippen LogP contribution in [0.3, 0.4) is 0 Å². The second-order valence-corrected chi connectivity index (χ2v) is 9.11. The minimum absolute atomic E-state index is 0.0457. The summed E-state index contributed by atoms with van der Waals surface area (Å²) in [5, 5.41) is 2.42. The lowest BCUT2D eigenvalue weighted by Gasteiger charge is -2.09. The zero-order chi connectivity index (χ0) is 17.9. The molecule has 0 aliphatic carbocycles. The van der Waals surface area contributed by atoms with Crippen molar-refractivity contribution in [2.45, 2.75) is 16.7 Å². The Labute approximate surface area is 152 Å². The zero-order valence-corrected chi connectivity index (χ0v) is 16.2. The summed E-state index contributed by atoms with van der Waals surface area (Å²) in [5.74, 6) is -1.00. The molecule has 0 bridgehead atoms. The Balaban J connectivity index is 2.07. The van der Waals surface area contributed by atoms with Crippen molar-refractivity contribution in [1.82, 2.24) is 0 Å². The molecule has 2 aromatic rings. The molecule has 1 N–H and O–H groups in total. The van der Waals surface area contributed by atoms with Gasteiger partial charge in [-0.3, -0.25) is 4.79 Å². The standard InChI is InChI=1S/C16H15BrFNO3S2/c1-10-7-11(17)3-6-15(10)23-9-16(20)19-14-8-12(24(2,21)22)4-5-13(14)18/h3-8H,9H2,1-2H3,(H,19,20). The average molecular weight is 432 g/mol. The third-order valence-corrected chi connectivity index (χ3v) is 5.91. The molecule has 24 heavy (non-hydrogen) atoms. The molecule has 0 spiro atoms. The van der Waals surface area contributed by atoms with Crippen LogP contribution in [0.25, 0.3) is 0 Å². The molecule has 2 aromatic carbocycles. The van der Waals surface area contributed by atoms with Crippen molar-refractivity contribution >= 4 is 49.1 Å². The molecule has 128 valence electrons. The van der Waals surface area contributed by atoms with Crippen molar-refractivity contribution in [3.8, 4) is 0 Å².